The molecule has 0 bridgehead atoms. The summed E-state index contributed by atoms with van der Waals surface area (Å²) in [6.45, 7) is 3.95. The lowest BCUT2D eigenvalue weighted by Gasteiger charge is -2.28. The van der Waals surface area contributed by atoms with E-state index in [-0.39, 0.29) is 24.8 Å². The van der Waals surface area contributed by atoms with Crippen LogP contribution in [0.4, 0.5) is 9.18 Å². The summed E-state index contributed by atoms with van der Waals surface area (Å²) >= 11 is 0. The third kappa shape index (κ3) is 3.65. The van der Waals surface area contributed by atoms with Gasteiger partial charge in [-0.1, -0.05) is 60.7 Å². The maximum absolute atomic E-state index is 13.8. The molecule has 0 unspecified atom stereocenters. The van der Waals surface area contributed by atoms with Gasteiger partial charge in [0.05, 0.1) is 6.54 Å². The zero-order valence-electron chi connectivity index (χ0n) is 17.4. The maximum Gasteiger partial charge on any atom is 0.325 e. The van der Waals surface area contributed by atoms with Crippen LogP contribution in [0, 0.1) is 19.7 Å². The number of benzene rings is 3. The minimum absolute atomic E-state index is 0.00156. The molecule has 0 radical (unpaired) electrons. The van der Waals surface area contributed by atoms with Crippen LogP contribution in [0.15, 0.2) is 72.8 Å². The van der Waals surface area contributed by atoms with Crippen molar-refractivity contribution in [1.82, 2.24) is 10.2 Å². The summed E-state index contributed by atoms with van der Waals surface area (Å²) in [7, 11) is 0. The summed E-state index contributed by atoms with van der Waals surface area (Å²) in [6.07, 6.45) is 0. The molecule has 0 aliphatic carbocycles. The third-order valence-corrected chi connectivity index (χ3v) is 5.66. The van der Waals surface area contributed by atoms with Crippen molar-refractivity contribution < 1.29 is 18.7 Å². The average Bonchev–Trinajstić information content (AvgIpc) is 3.03. The molecule has 6 heteroatoms. The molecule has 4 rings (SSSR count). The predicted molar refractivity (Wildman–Crippen MR) is 115 cm³/mol. The normalized spacial score (nSPS) is 18.2. The molecular formula is C25H23FN2O3. The van der Waals surface area contributed by atoms with Crippen LogP contribution in [0.1, 0.15) is 22.3 Å². The molecule has 0 saturated carbocycles. The average molecular weight is 418 g/mol. The fourth-order valence-corrected chi connectivity index (χ4v) is 3.81. The van der Waals surface area contributed by atoms with Gasteiger partial charge in [0.25, 0.3) is 5.91 Å². The van der Waals surface area contributed by atoms with Crippen molar-refractivity contribution in [2.75, 3.05) is 13.2 Å². The number of carbonyl (C=O) groups excluding carboxylic acids is 2. The van der Waals surface area contributed by atoms with Gasteiger partial charge in [0.2, 0.25) is 0 Å². The van der Waals surface area contributed by atoms with Gasteiger partial charge < -0.3 is 10.1 Å². The minimum Gasteiger partial charge on any atom is -0.489 e. The fourth-order valence-electron chi connectivity index (χ4n) is 3.81. The molecule has 5 nitrogen and oxygen atoms in total. The molecule has 1 fully saturated rings. The first-order valence-electron chi connectivity index (χ1n) is 10.1. The van der Waals surface area contributed by atoms with Crippen molar-refractivity contribution in [3.8, 4) is 5.75 Å². The molecule has 1 atom stereocenters. The van der Waals surface area contributed by atoms with Gasteiger partial charge in [0.1, 0.15) is 6.61 Å². The highest BCUT2D eigenvalue weighted by molar-refractivity contribution is 6.09. The van der Waals surface area contributed by atoms with Gasteiger partial charge in [-0.2, -0.15) is 0 Å². The number of carbonyl (C=O) groups is 2. The van der Waals surface area contributed by atoms with Crippen LogP contribution in [-0.2, 0) is 10.3 Å². The second-order valence-corrected chi connectivity index (χ2v) is 7.58. The SMILES string of the molecule is Cc1ccc([C@]2(c3ccccc3)NC(=O)N(CCOc3ccccc3F)C2=O)cc1C. The number of nitrogens with one attached hydrogen (secondary N) is 1. The summed E-state index contributed by atoms with van der Waals surface area (Å²) in [4.78, 5) is 27.7. The Morgan fingerprint density at radius 3 is 2.32 bits per heavy atom. The van der Waals surface area contributed by atoms with E-state index < -0.39 is 17.4 Å². The highest BCUT2D eigenvalue weighted by Gasteiger charge is 2.53. The first-order valence-corrected chi connectivity index (χ1v) is 10.1. The number of rotatable bonds is 6. The first-order chi connectivity index (χ1) is 14.9. The molecule has 3 aromatic rings. The molecule has 0 spiro atoms. The Bertz CT molecular complexity index is 1130. The van der Waals surface area contributed by atoms with E-state index in [4.69, 9.17) is 4.74 Å². The summed E-state index contributed by atoms with van der Waals surface area (Å²) in [5.74, 6) is -0.796. The van der Waals surface area contributed by atoms with Crippen LogP contribution >= 0.6 is 0 Å². The minimum atomic E-state index is -1.32. The Kier molecular flexibility index (Phi) is 5.46. The van der Waals surface area contributed by atoms with E-state index in [2.05, 4.69) is 5.32 Å². The molecule has 1 saturated heterocycles. The van der Waals surface area contributed by atoms with Gasteiger partial charge in [-0.25, -0.2) is 9.18 Å². The number of ether oxygens (including phenoxy) is 1. The number of imide groups is 1. The number of urea groups is 1. The van der Waals surface area contributed by atoms with Gasteiger partial charge in [-0.3, -0.25) is 9.69 Å². The number of halogens is 1. The molecule has 3 amide bonds. The second-order valence-electron chi connectivity index (χ2n) is 7.58. The van der Waals surface area contributed by atoms with Crippen LogP contribution in [0.25, 0.3) is 0 Å². The standard InChI is InChI=1S/C25H23FN2O3/c1-17-12-13-20(16-18(17)2)25(19-8-4-3-5-9-19)23(29)28(24(30)27-25)14-15-31-22-11-7-6-10-21(22)26/h3-13,16H,14-15H2,1-2H3,(H,27,30)/t25-/m0/s1. The van der Waals surface area contributed by atoms with E-state index >= 15 is 0 Å². The Morgan fingerprint density at radius 1 is 0.903 bits per heavy atom. The van der Waals surface area contributed by atoms with Gasteiger partial charge in [-0.15, -0.1) is 0 Å². The van der Waals surface area contributed by atoms with Crippen molar-refractivity contribution in [2.45, 2.75) is 19.4 Å². The van der Waals surface area contributed by atoms with Gasteiger partial charge in [0, 0.05) is 0 Å². The summed E-state index contributed by atoms with van der Waals surface area (Å²) in [5.41, 5.74) is 2.16. The molecule has 158 valence electrons. The number of para-hydroxylation sites is 1. The van der Waals surface area contributed by atoms with Crippen LogP contribution in [0.3, 0.4) is 0 Å². The smallest absolute Gasteiger partial charge is 0.325 e. The van der Waals surface area contributed by atoms with Crippen molar-refractivity contribution >= 4 is 11.9 Å². The predicted octanol–water partition coefficient (Wildman–Crippen LogP) is 4.32. The highest BCUT2D eigenvalue weighted by Crippen LogP contribution is 2.36. The number of hydrogen-bond donors (Lipinski definition) is 1. The van der Waals surface area contributed by atoms with E-state index in [1.165, 1.54) is 12.1 Å². The molecule has 1 aliphatic heterocycles. The Hall–Kier alpha value is -3.67. The van der Waals surface area contributed by atoms with E-state index in [1.54, 1.807) is 12.1 Å². The lowest BCUT2D eigenvalue weighted by molar-refractivity contribution is -0.130. The second kappa shape index (κ2) is 8.22. The van der Waals surface area contributed by atoms with E-state index in [0.29, 0.717) is 11.1 Å². The Balaban J connectivity index is 1.65. The molecule has 31 heavy (non-hydrogen) atoms. The molecule has 1 heterocycles. The number of aryl methyl sites for hydroxylation is 2. The number of hydrogen-bond acceptors (Lipinski definition) is 3. The summed E-state index contributed by atoms with van der Waals surface area (Å²) in [5, 5.41) is 2.91. The van der Waals surface area contributed by atoms with Crippen molar-refractivity contribution in [2.24, 2.45) is 0 Å². The largest absolute Gasteiger partial charge is 0.489 e. The Labute approximate surface area is 180 Å². The lowest BCUT2D eigenvalue weighted by Crippen LogP contribution is -2.45. The molecule has 1 aliphatic rings. The summed E-state index contributed by atoms with van der Waals surface area (Å²) < 4.78 is 19.3. The first kappa shape index (κ1) is 20.6. The van der Waals surface area contributed by atoms with Crippen LogP contribution in [0.2, 0.25) is 0 Å². The monoisotopic (exact) mass is 418 g/mol. The lowest BCUT2D eigenvalue weighted by atomic mass is 9.81. The zero-order valence-corrected chi connectivity index (χ0v) is 17.4. The van der Waals surface area contributed by atoms with Crippen LogP contribution in [-0.4, -0.2) is 30.0 Å². The quantitative estimate of drug-likeness (QED) is 0.607. The van der Waals surface area contributed by atoms with Crippen LogP contribution < -0.4 is 10.1 Å². The number of nitrogens with zero attached hydrogens (tertiary/aromatic N) is 1. The van der Waals surface area contributed by atoms with Gasteiger partial charge in [0.15, 0.2) is 17.1 Å². The van der Waals surface area contributed by atoms with Crippen molar-refractivity contribution in [1.29, 1.82) is 0 Å². The van der Waals surface area contributed by atoms with E-state index in [1.807, 2.05) is 62.4 Å². The topological polar surface area (TPSA) is 58.6 Å². The van der Waals surface area contributed by atoms with Crippen LogP contribution in [0.5, 0.6) is 5.75 Å². The maximum atomic E-state index is 13.8. The number of amides is 3. The van der Waals surface area contributed by atoms with Gasteiger partial charge >= 0.3 is 6.03 Å². The molecule has 1 N–H and O–H groups in total. The summed E-state index contributed by atoms with van der Waals surface area (Å²) in [6, 6.07) is 20.4. The fraction of sp³-hybridized carbons (Fsp3) is 0.200. The van der Waals surface area contributed by atoms with Crippen molar-refractivity contribution in [3.63, 3.8) is 0 Å². The van der Waals surface area contributed by atoms with E-state index in [9.17, 15) is 14.0 Å². The molecule has 3 aromatic carbocycles. The Morgan fingerprint density at radius 2 is 1.61 bits per heavy atom. The van der Waals surface area contributed by atoms with E-state index in [0.717, 1.165) is 16.0 Å². The van der Waals surface area contributed by atoms with Crippen molar-refractivity contribution in [3.05, 3.63) is 101 Å². The third-order valence-electron chi connectivity index (χ3n) is 5.66. The zero-order chi connectivity index (χ0) is 22.0. The molecule has 0 aromatic heterocycles. The highest BCUT2D eigenvalue weighted by atomic mass is 19.1. The molecular weight excluding hydrogens is 395 g/mol. The van der Waals surface area contributed by atoms with Gasteiger partial charge in [-0.05, 0) is 48.2 Å².